The molecule has 4 heteroatoms. The van der Waals surface area contributed by atoms with Crippen LogP contribution in [0.4, 0.5) is 0 Å². The topological polar surface area (TPSA) is 23.6 Å². The second kappa shape index (κ2) is 8.39. The summed E-state index contributed by atoms with van der Waals surface area (Å²) < 4.78 is 0. The molecule has 3 nitrogen and oxygen atoms in total. The molecule has 0 aromatic heterocycles. The lowest BCUT2D eigenvalue weighted by molar-refractivity contribution is 0.0783. The van der Waals surface area contributed by atoms with Crippen LogP contribution in [0, 0.1) is 5.92 Å². The molecule has 2 aliphatic rings. The number of nitrogens with zero attached hydrogens (tertiary/aromatic N) is 2. The fraction of sp³-hybridized carbons (Fsp3) is 0.650. The van der Waals surface area contributed by atoms with Crippen LogP contribution in [-0.2, 0) is 0 Å². The first-order valence-electron chi connectivity index (χ1n) is 9.33. The van der Waals surface area contributed by atoms with Crippen LogP contribution in [0.2, 0.25) is 0 Å². The molecule has 1 aromatic rings. The number of carbonyl (C=O) groups excluding carboxylic acids is 1. The third-order valence-electron chi connectivity index (χ3n) is 5.52. The maximum absolute atomic E-state index is 12.6. The molecule has 2 fully saturated rings. The van der Waals surface area contributed by atoms with Gasteiger partial charge in [0.25, 0.3) is 5.91 Å². The predicted octanol–water partition coefficient (Wildman–Crippen LogP) is 3.75. The van der Waals surface area contributed by atoms with E-state index in [0.29, 0.717) is 5.92 Å². The van der Waals surface area contributed by atoms with E-state index >= 15 is 0 Å². The summed E-state index contributed by atoms with van der Waals surface area (Å²) in [6.07, 6.45) is 5.20. The zero-order chi connectivity index (χ0) is 16.9. The number of benzene rings is 1. The molecule has 3 rings (SSSR count). The lowest BCUT2D eigenvalue weighted by Crippen LogP contribution is -2.36. The number of likely N-dealkylation sites (tertiary alicyclic amines) is 1. The molecular weight excluding hydrogens is 316 g/mol. The molecule has 0 spiro atoms. The van der Waals surface area contributed by atoms with Crippen molar-refractivity contribution in [3.63, 3.8) is 0 Å². The smallest absolute Gasteiger partial charge is 0.253 e. The monoisotopic (exact) mass is 346 g/mol. The lowest BCUT2D eigenvalue weighted by Gasteiger charge is -2.27. The van der Waals surface area contributed by atoms with Crippen LogP contribution in [0.1, 0.15) is 43.0 Å². The standard InChI is InChI=1S/C20H30N2OS/c1-3-24-19-10-9-18(13-19)21(2)14-16-11-12-22(15-16)20(23)17-7-5-4-6-8-17/h4-8,16,18-19H,3,9-15H2,1-2H3/t16-,18+,19-/m1/s1. The Morgan fingerprint density at radius 3 is 2.79 bits per heavy atom. The van der Waals surface area contributed by atoms with Crippen LogP contribution in [0.3, 0.4) is 0 Å². The zero-order valence-corrected chi connectivity index (χ0v) is 15.8. The number of amides is 1. The summed E-state index contributed by atoms with van der Waals surface area (Å²) in [5.41, 5.74) is 0.821. The SMILES string of the molecule is CCS[C@@H]1CC[C@H](N(C)C[C@H]2CCN(C(=O)c3ccccc3)C2)C1. The summed E-state index contributed by atoms with van der Waals surface area (Å²) in [4.78, 5) is 17.2. The van der Waals surface area contributed by atoms with Gasteiger partial charge >= 0.3 is 0 Å². The zero-order valence-electron chi connectivity index (χ0n) is 15.0. The van der Waals surface area contributed by atoms with Crippen molar-refractivity contribution in [2.75, 3.05) is 32.4 Å². The third-order valence-corrected chi connectivity index (χ3v) is 6.76. The number of thioether (sulfide) groups is 1. The Morgan fingerprint density at radius 2 is 2.04 bits per heavy atom. The van der Waals surface area contributed by atoms with Crippen LogP contribution in [0.5, 0.6) is 0 Å². The normalized spacial score (nSPS) is 27.1. The molecule has 1 saturated heterocycles. The van der Waals surface area contributed by atoms with Gasteiger partial charge in [0, 0.05) is 36.5 Å². The first kappa shape index (κ1) is 17.8. The molecule has 0 N–H and O–H groups in total. The molecule has 132 valence electrons. The summed E-state index contributed by atoms with van der Waals surface area (Å²) in [7, 11) is 2.28. The van der Waals surface area contributed by atoms with Crippen LogP contribution in [0.25, 0.3) is 0 Å². The van der Waals surface area contributed by atoms with E-state index in [1.807, 2.05) is 35.2 Å². The van der Waals surface area contributed by atoms with Gasteiger partial charge in [-0.15, -0.1) is 0 Å². The van der Waals surface area contributed by atoms with Crippen molar-refractivity contribution in [1.82, 2.24) is 9.80 Å². The van der Waals surface area contributed by atoms with Gasteiger partial charge in [-0.25, -0.2) is 0 Å². The van der Waals surface area contributed by atoms with Crippen molar-refractivity contribution < 1.29 is 4.79 Å². The number of hydrogen-bond donors (Lipinski definition) is 0. The van der Waals surface area contributed by atoms with Gasteiger partial charge in [0.05, 0.1) is 0 Å². The van der Waals surface area contributed by atoms with E-state index in [4.69, 9.17) is 0 Å². The summed E-state index contributed by atoms with van der Waals surface area (Å²) in [6, 6.07) is 10.4. The van der Waals surface area contributed by atoms with E-state index in [9.17, 15) is 4.79 Å². The van der Waals surface area contributed by atoms with Crippen molar-refractivity contribution in [1.29, 1.82) is 0 Å². The molecule has 1 saturated carbocycles. The molecule has 1 aliphatic heterocycles. The summed E-state index contributed by atoms with van der Waals surface area (Å²) in [5, 5.41) is 0.863. The number of rotatable bonds is 6. The molecule has 1 aliphatic carbocycles. The Bertz CT molecular complexity index is 536. The first-order chi connectivity index (χ1) is 11.7. The highest BCUT2D eigenvalue weighted by Gasteiger charge is 2.31. The number of carbonyl (C=O) groups is 1. The summed E-state index contributed by atoms with van der Waals surface area (Å²) in [6.45, 7) is 5.22. The van der Waals surface area contributed by atoms with E-state index in [2.05, 4.69) is 30.6 Å². The van der Waals surface area contributed by atoms with E-state index in [0.717, 1.165) is 42.9 Å². The molecule has 1 heterocycles. The second-order valence-electron chi connectivity index (χ2n) is 7.26. The van der Waals surface area contributed by atoms with Gasteiger partial charge in [-0.2, -0.15) is 11.8 Å². The van der Waals surface area contributed by atoms with E-state index in [1.165, 1.54) is 25.0 Å². The van der Waals surface area contributed by atoms with Gasteiger partial charge < -0.3 is 9.80 Å². The minimum absolute atomic E-state index is 0.195. The Balaban J connectivity index is 1.47. The summed E-state index contributed by atoms with van der Waals surface area (Å²) >= 11 is 2.13. The largest absolute Gasteiger partial charge is 0.338 e. The van der Waals surface area contributed by atoms with Gasteiger partial charge in [-0.1, -0.05) is 25.1 Å². The lowest BCUT2D eigenvalue weighted by atomic mass is 10.1. The fourth-order valence-electron chi connectivity index (χ4n) is 4.19. The van der Waals surface area contributed by atoms with Crippen LogP contribution >= 0.6 is 11.8 Å². The highest BCUT2D eigenvalue weighted by molar-refractivity contribution is 7.99. The molecule has 0 bridgehead atoms. The Labute approximate surface area is 150 Å². The molecular formula is C20H30N2OS. The van der Waals surface area contributed by atoms with E-state index < -0.39 is 0 Å². The van der Waals surface area contributed by atoms with Gasteiger partial charge in [0.1, 0.15) is 0 Å². The molecule has 1 aromatic carbocycles. The molecule has 3 atom stereocenters. The van der Waals surface area contributed by atoms with Gasteiger partial charge in [0.2, 0.25) is 0 Å². The van der Waals surface area contributed by atoms with Crippen molar-refractivity contribution in [2.24, 2.45) is 5.92 Å². The van der Waals surface area contributed by atoms with Gasteiger partial charge in [-0.05, 0) is 56.5 Å². The summed E-state index contributed by atoms with van der Waals surface area (Å²) in [5.74, 6) is 2.06. The predicted molar refractivity (Wildman–Crippen MR) is 103 cm³/mol. The van der Waals surface area contributed by atoms with Gasteiger partial charge in [0.15, 0.2) is 0 Å². The molecule has 24 heavy (non-hydrogen) atoms. The van der Waals surface area contributed by atoms with Crippen molar-refractivity contribution >= 4 is 17.7 Å². The minimum atomic E-state index is 0.195. The Kier molecular flexibility index (Phi) is 6.23. The van der Waals surface area contributed by atoms with Gasteiger partial charge in [-0.3, -0.25) is 4.79 Å². The fourth-order valence-corrected chi connectivity index (χ4v) is 5.32. The molecule has 0 radical (unpaired) electrons. The van der Waals surface area contributed by atoms with E-state index in [1.54, 1.807) is 0 Å². The minimum Gasteiger partial charge on any atom is -0.338 e. The van der Waals surface area contributed by atoms with E-state index in [-0.39, 0.29) is 5.91 Å². The average Bonchev–Trinajstić information content (AvgIpc) is 3.25. The maximum atomic E-state index is 12.6. The second-order valence-corrected chi connectivity index (χ2v) is 8.83. The quantitative estimate of drug-likeness (QED) is 0.784. The Morgan fingerprint density at radius 1 is 1.25 bits per heavy atom. The first-order valence-corrected chi connectivity index (χ1v) is 10.4. The molecule has 1 amide bonds. The highest BCUT2D eigenvalue weighted by Crippen LogP contribution is 2.33. The Hall–Kier alpha value is -1.00. The maximum Gasteiger partial charge on any atom is 0.253 e. The molecule has 0 unspecified atom stereocenters. The average molecular weight is 347 g/mol. The van der Waals surface area contributed by atoms with Crippen molar-refractivity contribution in [3.8, 4) is 0 Å². The number of hydrogen-bond acceptors (Lipinski definition) is 3. The van der Waals surface area contributed by atoms with Crippen LogP contribution < -0.4 is 0 Å². The van der Waals surface area contributed by atoms with Crippen molar-refractivity contribution in [3.05, 3.63) is 35.9 Å². The van der Waals surface area contributed by atoms with Crippen LogP contribution in [-0.4, -0.2) is 59.4 Å². The van der Waals surface area contributed by atoms with Crippen molar-refractivity contribution in [2.45, 2.75) is 43.9 Å². The van der Waals surface area contributed by atoms with Crippen LogP contribution in [0.15, 0.2) is 30.3 Å². The third kappa shape index (κ3) is 4.34. The highest BCUT2D eigenvalue weighted by atomic mass is 32.2.